The minimum atomic E-state index is -0.282. The van der Waals surface area contributed by atoms with Crippen molar-refractivity contribution in [2.24, 2.45) is 0 Å². The van der Waals surface area contributed by atoms with Crippen LogP contribution in [0.2, 0.25) is 5.02 Å². The van der Waals surface area contributed by atoms with E-state index in [2.05, 4.69) is 10.3 Å². The van der Waals surface area contributed by atoms with Gasteiger partial charge in [0.15, 0.2) is 6.61 Å². The van der Waals surface area contributed by atoms with Crippen LogP contribution in [0.15, 0.2) is 54.7 Å². The third-order valence-electron chi connectivity index (χ3n) is 3.71. The van der Waals surface area contributed by atoms with E-state index in [-0.39, 0.29) is 18.3 Å². The second-order valence-corrected chi connectivity index (χ2v) is 5.83. The van der Waals surface area contributed by atoms with Gasteiger partial charge in [0.25, 0.3) is 5.91 Å². The molecule has 3 aromatic rings. The van der Waals surface area contributed by atoms with E-state index in [0.717, 1.165) is 5.39 Å². The minimum absolute atomic E-state index is 0.148. The largest absolute Gasteiger partial charge is 0.481 e. The zero-order valence-corrected chi connectivity index (χ0v) is 14.1. The lowest BCUT2D eigenvalue weighted by Crippen LogP contribution is -2.30. The zero-order valence-electron chi connectivity index (χ0n) is 13.3. The van der Waals surface area contributed by atoms with Gasteiger partial charge in [-0.25, -0.2) is 4.39 Å². The third-order valence-corrected chi connectivity index (χ3v) is 4.04. The molecule has 6 heteroatoms. The predicted octanol–water partition coefficient (Wildman–Crippen LogP) is 3.77. The predicted molar refractivity (Wildman–Crippen MR) is 95.4 cm³/mol. The average Bonchev–Trinajstić information content (AvgIpc) is 2.63. The fourth-order valence-corrected chi connectivity index (χ4v) is 2.68. The highest BCUT2D eigenvalue weighted by molar-refractivity contribution is 6.35. The molecule has 25 heavy (non-hydrogen) atoms. The molecule has 1 aromatic heterocycles. The molecular formula is C19H16ClFN2O2. The van der Waals surface area contributed by atoms with Crippen LogP contribution in [0, 0.1) is 5.82 Å². The van der Waals surface area contributed by atoms with Crippen molar-refractivity contribution in [2.45, 2.75) is 6.42 Å². The second kappa shape index (κ2) is 7.94. The number of ether oxygens (including phenoxy) is 1. The number of benzene rings is 2. The van der Waals surface area contributed by atoms with Crippen LogP contribution in [0.1, 0.15) is 5.56 Å². The Labute approximate surface area is 149 Å². The molecule has 3 rings (SSSR count). The summed E-state index contributed by atoms with van der Waals surface area (Å²) in [7, 11) is 0. The van der Waals surface area contributed by atoms with Crippen LogP contribution >= 0.6 is 11.6 Å². The summed E-state index contributed by atoms with van der Waals surface area (Å²) in [6.07, 6.45) is 2.06. The maximum absolute atomic E-state index is 13.5. The van der Waals surface area contributed by atoms with Gasteiger partial charge in [0.1, 0.15) is 17.1 Å². The van der Waals surface area contributed by atoms with E-state index < -0.39 is 0 Å². The van der Waals surface area contributed by atoms with Crippen molar-refractivity contribution < 1.29 is 13.9 Å². The molecular weight excluding hydrogens is 343 g/mol. The van der Waals surface area contributed by atoms with Crippen LogP contribution in [-0.4, -0.2) is 24.0 Å². The Morgan fingerprint density at radius 1 is 1.16 bits per heavy atom. The Bertz CT molecular complexity index is 901. The van der Waals surface area contributed by atoms with Crippen molar-refractivity contribution in [2.75, 3.05) is 13.2 Å². The van der Waals surface area contributed by atoms with E-state index in [0.29, 0.717) is 34.8 Å². The summed E-state index contributed by atoms with van der Waals surface area (Å²) in [5, 5.41) is 4.05. The number of amides is 1. The van der Waals surface area contributed by atoms with Crippen LogP contribution in [0.3, 0.4) is 0 Å². The first-order chi connectivity index (χ1) is 12.1. The monoisotopic (exact) mass is 358 g/mol. The number of nitrogens with one attached hydrogen (secondary N) is 1. The molecule has 0 aliphatic heterocycles. The molecule has 128 valence electrons. The third kappa shape index (κ3) is 4.25. The van der Waals surface area contributed by atoms with E-state index in [1.807, 2.05) is 6.07 Å². The highest BCUT2D eigenvalue weighted by Gasteiger charge is 2.09. The maximum Gasteiger partial charge on any atom is 0.257 e. The molecule has 0 spiro atoms. The molecule has 0 fully saturated rings. The number of carbonyl (C=O) groups excluding carboxylic acids is 1. The first-order valence-corrected chi connectivity index (χ1v) is 8.19. The first kappa shape index (κ1) is 17.2. The lowest BCUT2D eigenvalue weighted by Gasteiger charge is -2.10. The minimum Gasteiger partial charge on any atom is -0.481 e. The number of carbonyl (C=O) groups is 1. The van der Waals surface area contributed by atoms with Gasteiger partial charge >= 0.3 is 0 Å². The highest BCUT2D eigenvalue weighted by atomic mass is 35.5. The molecule has 4 nitrogen and oxygen atoms in total. The number of fused-ring (bicyclic) bond motifs is 1. The summed E-state index contributed by atoms with van der Waals surface area (Å²) < 4.78 is 19.1. The maximum atomic E-state index is 13.5. The van der Waals surface area contributed by atoms with Crippen LogP contribution in [0.4, 0.5) is 4.39 Å². The lowest BCUT2D eigenvalue weighted by molar-refractivity contribution is -0.123. The summed E-state index contributed by atoms with van der Waals surface area (Å²) in [6.45, 7) is 0.188. The van der Waals surface area contributed by atoms with Crippen molar-refractivity contribution in [3.63, 3.8) is 0 Å². The molecule has 1 heterocycles. The first-order valence-electron chi connectivity index (χ1n) is 7.81. The van der Waals surface area contributed by atoms with E-state index in [1.165, 1.54) is 6.07 Å². The van der Waals surface area contributed by atoms with Gasteiger partial charge in [-0.2, -0.15) is 0 Å². The van der Waals surface area contributed by atoms with Crippen molar-refractivity contribution in [3.8, 4) is 5.75 Å². The van der Waals surface area contributed by atoms with Gasteiger partial charge in [-0.3, -0.25) is 9.78 Å². The van der Waals surface area contributed by atoms with Crippen LogP contribution in [0.25, 0.3) is 10.9 Å². The number of hydrogen-bond acceptors (Lipinski definition) is 3. The van der Waals surface area contributed by atoms with Gasteiger partial charge in [-0.05, 0) is 42.3 Å². The van der Waals surface area contributed by atoms with Crippen molar-refractivity contribution >= 4 is 28.4 Å². The van der Waals surface area contributed by atoms with Crippen molar-refractivity contribution in [3.05, 3.63) is 71.1 Å². The molecule has 2 aromatic carbocycles. The summed E-state index contributed by atoms with van der Waals surface area (Å²) >= 11 is 6.13. The number of nitrogens with zero attached hydrogens (tertiary/aromatic N) is 1. The summed E-state index contributed by atoms with van der Waals surface area (Å²) in [6, 6.07) is 13.5. The van der Waals surface area contributed by atoms with Gasteiger partial charge in [0, 0.05) is 18.1 Å². The van der Waals surface area contributed by atoms with Gasteiger partial charge in [0.2, 0.25) is 0 Å². The van der Waals surface area contributed by atoms with Gasteiger partial charge < -0.3 is 10.1 Å². The average molecular weight is 359 g/mol. The summed E-state index contributed by atoms with van der Waals surface area (Å²) in [5.41, 5.74) is 1.17. The topological polar surface area (TPSA) is 51.2 Å². The van der Waals surface area contributed by atoms with E-state index >= 15 is 0 Å². The molecule has 0 unspecified atom stereocenters. The Hall–Kier alpha value is -2.66. The molecule has 0 radical (unpaired) electrons. The second-order valence-electron chi connectivity index (χ2n) is 5.43. The smallest absolute Gasteiger partial charge is 0.257 e. The van der Waals surface area contributed by atoms with Gasteiger partial charge in [-0.15, -0.1) is 0 Å². The Morgan fingerprint density at radius 3 is 2.84 bits per heavy atom. The van der Waals surface area contributed by atoms with Gasteiger partial charge in [-0.1, -0.05) is 29.8 Å². The van der Waals surface area contributed by atoms with Crippen LogP contribution in [-0.2, 0) is 11.2 Å². The number of halogens is 2. The molecule has 0 bridgehead atoms. The highest BCUT2D eigenvalue weighted by Crippen LogP contribution is 2.29. The van der Waals surface area contributed by atoms with E-state index in [4.69, 9.17) is 16.3 Å². The van der Waals surface area contributed by atoms with Crippen LogP contribution in [0.5, 0.6) is 5.75 Å². The van der Waals surface area contributed by atoms with E-state index in [1.54, 1.807) is 42.6 Å². The number of pyridine rings is 1. The van der Waals surface area contributed by atoms with Crippen molar-refractivity contribution in [1.29, 1.82) is 0 Å². The molecule has 0 aliphatic rings. The molecule has 0 saturated heterocycles. The normalized spacial score (nSPS) is 10.6. The van der Waals surface area contributed by atoms with Crippen LogP contribution < -0.4 is 10.1 Å². The quantitative estimate of drug-likeness (QED) is 0.729. The zero-order chi connectivity index (χ0) is 17.6. The van der Waals surface area contributed by atoms with Crippen molar-refractivity contribution in [1.82, 2.24) is 10.3 Å². The molecule has 1 amide bonds. The number of hydrogen-bond donors (Lipinski definition) is 1. The molecule has 0 saturated carbocycles. The van der Waals surface area contributed by atoms with Gasteiger partial charge in [0.05, 0.1) is 5.02 Å². The Balaban J connectivity index is 1.55. The Kier molecular flexibility index (Phi) is 5.46. The fraction of sp³-hybridized carbons (Fsp3) is 0.158. The van der Waals surface area contributed by atoms with E-state index in [9.17, 15) is 9.18 Å². The number of aromatic nitrogens is 1. The molecule has 0 aliphatic carbocycles. The standard InChI is InChI=1S/C19H16ClFN2O2/c20-15-7-8-17(19-14(15)5-3-10-23-19)25-12-18(24)22-11-9-13-4-1-2-6-16(13)21/h1-8,10H,9,11-12H2,(H,22,24). The summed E-state index contributed by atoms with van der Waals surface area (Å²) in [4.78, 5) is 16.2. The lowest BCUT2D eigenvalue weighted by atomic mass is 10.1. The molecule has 0 atom stereocenters. The fourth-order valence-electron chi connectivity index (χ4n) is 2.46. The molecule has 1 N–H and O–H groups in total. The SMILES string of the molecule is O=C(COc1ccc(Cl)c2cccnc12)NCCc1ccccc1F. The Morgan fingerprint density at radius 2 is 2.00 bits per heavy atom. The summed E-state index contributed by atoms with van der Waals surface area (Å²) in [5.74, 6) is -0.0636. The number of rotatable bonds is 6.